The summed E-state index contributed by atoms with van der Waals surface area (Å²) in [5, 5.41) is 12.6. The monoisotopic (exact) mass is 387 g/mol. The second-order valence-electron chi connectivity index (χ2n) is 6.61. The molecule has 1 amide bonds. The van der Waals surface area contributed by atoms with Crippen molar-refractivity contribution < 1.29 is 23.8 Å². The van der Waals surface area contributed by atoms with Crippen LogP contribution in [0.15, 0.2) is 47.4 Å². The van der Waals surface area contributed by atoms with Crippen molar-refractivity contribution in [2.24, 2.45) is 0 Å². The zero-order valence-corrected chi connectivity index (χ0v) is 15.2. The molecule has 0 saturated carbocycles. The smallest absolute Gasteiger partial charge is 0.295 e. The predicted octanol–water partition coefficient (Wildman–Crippen LogP) is 3.49. The van der Waals surface area contributed by atoms with Crippen molar-refractivity contribution in [2.45, 2.75) is 25.0 Å². The Bertz CT molecular complexity index is 885. The molecule has 1 aromatic heterocycles. The average molecular weight is 387 g/mol. The molecule has 4 rings (SSSR count). The van der Waals surface area contributed by atoms with Crippen LogP contribution in [0.4, 0.5) is 4.39 Å². The molecule has 0 bridgehead atoms. The van der Waals surface area contributed by atoms with E-state index in [9.17, 15) is 19.1 Å². The number of carbonyl (C=O) groups excluding carboxylic acids is 2. The third kappa shape index (κ3) is 3.28. The van der Waals surface area contributed by atoms with Gasteiger partial charge in [0.1, 0.15) is 11.6 Å². The number of likely N-dealkylation sites (tertiary alicyclic amines) is 1. The van der Waals surface area contributed by atoms with Gasteiger partial charge in [0.25, 0.3) is 11.7 Å². The van der Waals surface area contributed by atoms with E-state index in [2.05, 4.69) is 0 Å². The lowest BCUT2D eigenvalue weighted by molar-refractivity contribution is -0.140. The molecule has 2 atom stereocenters. The Labute approximate surface area is 159 Å². The fraction of sp³-hybridized carbons (Fsp3) is 0.300. The van der Waals surface area contributed by atoms with Crippen molar-refractivity contribution in [3.8, 4) is 0 Å². The zero-order valence-electron chi connectivity index (χ0n) is 14.4. The highest BCUT2D eigenvalue weighted by atomic mass is 32.1. The van der Waals surface area contributed by atoms with Gasteiger partial charge in [-0.2, -0.15) is 0 Å². The summed E-state index contributed by atoms with van der Waals surface area (Å²) in [5.41, 5.74) is 0.333. The maximum atomic E-state index is 13.2. The van der Waals surface area contributed by atoms with Crippen molar-refractivity contribution in [1.82, 2.24) is 4.90 Å². The van der Waals surface area contributed by atoms with E-state index in [4.69, 9.17) is 4.74 Å². The number of ether oxygens (including phenoxy) is 1. The van der Waals surface area contributed by atoms with E-state index in [0.29, 0.717) is 18.7 Å². The fourth-order valence-corrected chi connectivity index (χ4v) is 4.43. The molecule has 27 heavy (non-hydrogen) atoms. The van der Waals surface area contributed by atoms with E-state index in [-0.39, 0.29) is 17.4 Å². The third-order valence-electron chi connectivity index (χ3n) is 4.89. The first-order chi connectivity index (χ1) is 13.1. The first-order valence-electron chi connectivity index (χ1n) is 8.75. The summed E-state index contributed by atoms with van der Waals surface area (Å²) in [6.45, 7) is 0.946. The van der Waals surface area contributed by atoms with Crippen molar-refractivity contribution in [3.05, 3.63) is 63.6 Å². The van der Waals surface area contributed by atoms with Gasteiger partial charge in [0, 0.05) is 23.6 Å². The lowest BCUT2D eigenvalue weighted by atomic mass is 9.99. The molecule has 2 fully saturated rings. The summed E-state index contributed by atoms with van der Waals surface area (Å²) >= 11 is 1.41. The molecule has 0 spiro atoms. The minimum absolute atomic E-state index is 0.0343. The van der Waals surface area contributed by atoms with Gasteiger partial charge in [-0.3, -0.25) is 9.59 Å². The Morgan fingerprint density at radius 3 is 2.67 bits per heavy atom. The van der Waals surface area contributed by atoms with Gasteiger partial charge in [-0.05, 0) is 48.6 Å². The minimum Gasteiger partial charge on any atom is -0.507 e. The molecule has 0 aliphatic carbocycles. The molecular weight excluding hydrogens is 369 g/mol. The lowest BCUT2D eigenvalue weighted by Crippen LogP contribution is -2.36. The molecule has 2 aliphatic heterocycles. The highest BCUT2D eigenvalue weighted by Crippen LogP contribution is 2.41. The van der Waals surface area contributed by atoms with Crippen LogP contribution in [0.25, 0.3) is 5.76 Å². The minimum atomic E-state index is -0.728. The molecule has 5 nitrogen and oxygen atoms in total. The Morgan fingerprint density at radius 1 is 1.26 bits per heavy atom. The van der Waals surface area contributed by atoms with Crippen molar-refractivity contribution >= 4 is 28.8 Å². The van der Waals surface area contributed by atoms with Gasteiger partial charge in [-0.15, -0.1) is 11.3 Å². The van der Waals surface area contributed by atoms with Crippen LogP contribution in [0.5, 0.6) is 0 Å². The van der Waals surface area contributed by atoms with Gasteiger partial charge in [-0.1, -0.05) is 6.07 Å². The van der Waals surface area contributed by atoms with Gasteiger partial charge >= 0.3 is 0 Å². The van der Waals surface area contributed by atoms with Gasteiger partial charge in [0.05, 0.1) is 17.7 Å². The molecular formula is C20H18FNO4S. The summed E-state index contributed by atoms with van der Waals surface area (Å²) < 4.78 is 18.9. The standard InChI is InChI=1S/C20H18FNO4S/c21-13-7-5-12(6-8-13)18(23)16-17(15-4-2-10-27-15)22(20(25)19(16)24)11-14-3-1-9-26-14/h2,4-8,10,14,17,23H,1,3,9,11H2/t14-,17-/m0/s1. The van der Waals surface area contributed by atoms with Crippen molar-refractivity contribution in [1.29, 1.82) is 0 Å². The van der Waals surface area contributed by atoms with Crippen LogP contribution in [0.3, 0.4) is 0 Å². The molecule has 1 N–H and O–H groups in total. The van der Waals surface area contributed by atoms with Crippen LogP contribution in [0, 0.1) is 5.82 Å². The quantitative estimate of drug-likeness (QED) is 0.495. The van der Waals surface area contributed by atoms with Crippen LogP contribution in [0.2, 0.25) is 0 Å². The molecule has 7 heteroatoms. The molecule has 2 saturated heterocycles. The third-order valence-corrected chi connectivity index (χ3v) is 5.82. The number of hydrogen-bond donors (Lipinski definition) is 1. The number of aliphatic hydroxyl groups excluding tert-OH is 1. The van der Waals surface area contributed by atoms with Gasteiger partial charge in [0.15, 0.2) is 0 Å². The normalized spacial score (nSPS) is 24.7. The number of ketones is 1. The number of nitrogens with zero attached hydrogens (tertiary/aromatic N) is 1. The Kier molecular flexibility index (Phi) is 4.80. The second kappa shape index (κ2) is 7.25. The van der Waals surface area contributed by atoms with Crippen LogP contribution in [-0.4, -0.2) is 41.0 Å². The topological polar surface area (TPSA) is 66.8 Å². The zero-order chi connectivity index (χ0) is 19.0. The molecule has 3 heterocycles. The van der Waals surface area contributed by atoms with Crippen LogP contribution in [0.1, 0.15) is 29.3 Å². The number of aliphatic hydroxyl groups is 1. The predicted molar refractivity (Wildman–Crippen MR) is 98.7 cm³/mol. The Balaban J connectivity index is 1.78. The molecule has 0 unspecified atom stereocenters. The maximum absolute atomic E-state index is 13.2. The van der Waals surface area contributed by atoms with E-state index in [0.717, 1.165) is 17.7 Å². The SMILES string of the molecule is O=C1C(=O)N(C[C@@H]2CCCO2)[C@@H](c2cccs2)C1=C(O)c1ccc(F)cc1. The number of hydrogen-bond acceptors (Lipinski definition) is 5. The first kappa shape index (κ1) is 17.9. The largest absolute Gasteiger partial charge is 0.507 e. The van der Waals surface area contributed by atoms with E-state index in [1.165, 1.54) is 40.5 Å². The van der Waals surface area contributed by atoms with E-state index in [1.54, 1.807) is 0 Å². The highest BCUT2D eigenvalue weighted by Gasteiger charge is 2.47. The van der Waals surface area contributed by atoms with Crippen LogP contribution < -0.4 is 0 Å². The highest BCUT2D eigenvalue weighted by molar-refractivity contribution is 7.10. The Hall–Kier alpha value is -2.51. The maximum Gasteiger partial charge on any atom is 0.295 e. The van der Waals surface area contributed by atoms with Gasteiger partial charge in [-0.25, -0.2) is 4.39 Å². The Morgan fingerprint density at radius 2 is 2.04 bits per heavy atom. The summed E-state index contributed by atoms with van der Waals surface area (Å²) in [6.07, 6.45) is 1.64. The number of amides is 1. The van der Waals surface area contributed by atoms with Crippen molar-refractivity contribution in [2.75, 3.05) is 13.2 Å². The number of rotatable bonds is 4. The fourth-order valence-electron chi connectivity index (χ4n) is 3.58. The molecule has 2 aliphatic rings. The molecule has 0 radical (unpaired) electrons. The summed E-state index contributed by atoms with van der Waals surface area (Å²) in [6, 6.07) is 8.20. The average Bonchev–Trinajstić information content (AvgIpc) is 3.40. The number of carbonyl (C=O) groups is 2. The molecule has 140 valence electrons. The second-order valence-corrected chi connectivity index (χ2v) is 7.59. The van der Waals surface area contributed by atoms with Crippen molar-refractivity contribution in [3.63, 3.8) is 0 Å². The van der Waals surface area contributed by atoms with Crippen LogP contribution in [-0.2, 0) is 14.3 Å². The number of thiophene rings is 1. The number of halogens is 1. The number of benzene rings is 1. The lowest BCUT2D eigenvalue weighted by Gasteiger charge is -2.26. The van der Waals surface area contributed by atoms with Gasteiger partial charge < -0.3 is 14.7 Å². The summed E-state index contributed by atoms with van der Waals surface area (Å²) in [5.74, 6) is -2.11. The van der Waals surface area contributed by atoms with E-state index >= 15 is 0 Å². The van der Waals surface area contributed by atoms with E-state index in [1.807, 2.05) is 17.5 Å². The van der Waals surface area contributed by atoms with Crippen LogP contribution >= 0.6 is 11.3 Å². The first-order valence-corrected chi connectivity index (χ1v) is 9.63. The van der Waals surface area contributed by atoms with Gasteiger partial charge in [0.2, 0.25) is 0 Å². The molecule has 2 aromatic rings. The summed E-state index contributed by atoms with van der Waals surface area (Å²) in [7, 11) is 0. The molecule has 1 aromatic carbocycles. The summed E-state index contributed by atoms with van der Waals surface area (Å²) in [4.78, 5) is 27.7. The van der Waals surface area contributed by atoms with E-state index < -0.39 is 23.5 Å². The number of Topliss-reactive ketones (excluding diaryl/α,β-unsaturated/α-hetero) is 1.